The zero-order chi connectivity index (χ0) is 29.7. The van der Waals surface area contributed by atoms with E-state index in [1.165, 1.54) is 71.2 Å². The number of allylic oxidation sites excluding steroid dienone is 1. The lowest BCUT2D eigenvalue weighted by Crippen LogP contribution is -3.04. The summed E-state index contributed by atoms with van der Waals surface area (Å²) in [5.74, 6) is 1.03. The molecule has 1 aliphatic heterocycles. The molecule has 1 N–H and O–H groups in total. The lowest BCUT2D eigenvalue weighted by Gasteiger charge is -2.22. The fraction of sp³-hybridized carbons (Fsp3) is 0.0465. The lowest BCUT2D eigenvalue weighted by atomic mass is 9.82. The number of para-hydroxylation sites is 1. The number of hydrogen-bond donors (Lipinski definition) is 1. The van der Waals surface area contributed by atoms with Crippen LogP contribution in [-0.4, -0.2) is 5.84 Å². The van der Waals surface area contributed by atoms with Crippen LogP contribution in [0.4, 0.5) is 17.1 Å². The molecule has 212 valence electrons. The van der Waals surface area contributed by atoms with Gasteiger partial charge in [-0.05, 0) is 104 Å². The van der Waals surface area contributed by atoms with Gasteiger partial charge < -0.3 is 0 Å². The summed E-state index contributed by atoms with van der Waals surface area (Å²) in [6.07, 6.45) is 4.53. The maximum absolute atomic E-state index is 5.31. The molecular weight excluding hydrogens is 544 g/mol. The highest BCUT2D eigenvalue weighted by molar-refractivity contribution is 6.20. The molecule has 7 aromatic carbocycles. The summed E-state index contributed by atoms with van der Waals surface area (Å²) >= 11 is 0. The van der Waals surface area contributed by atoms with E-state index in [-0.39, 0.29) is 0 Å². The van der Waals surface area contributed by atoms with Gasteiger partial charge in [0, 0.05) is 6.07 Å². The highest BCUT2D eigenvalue weighted by Crippen LogP contribution is 2.45. The van der Waals surface area contributed by atoms with Crippen molar-refractivity contribution in [2.24, 2.45) is 4.99 Å². The number of aryl methyl sites for hydroxylation is 1. The van der Waals surface area contributed by atoms with Crippen molar-refractivity contribution in [3.05, 3.63) is 174 Å². The van der Waals surface area contributed by atoms with Gasteiger partial charge in [0.25, 0.3) is 0 Å². The van der Waals surface area contributed by atoms with E-state index in [4.69, 9.17) is 4.99 Å². The molecule has 0 spiro atoms. The standard InChI is InChI=1S/C43H30N2/c1-3-14-30(15-4-1)43-44-39-28-33(25-26-40(39)45(43)34-17-5-2-6-18-34)42-37-21-11-9-19-35(37)41(36-20-10-12-22-38(36)42)32-24-23-29-13-7-8-16-31(29)27-32/h1-22,25-28H,23-24H2/p+1. The Labute approximate surface area is 263 Å². The van der Waals surface area contributed by atoms with Crippen molar-refractivity contribution in [3.63, 3.8) is 0 Å². The zero-order valence-electron chi connectivity index (χ0n) is 24.9. The van der Waals surface area contributed by atoms with Gasteiger partial charge in [0.15, 0.2) is 5.69 Å². The second kappa shape index (κ2) is 10.6. The van der Waals surface area contributed by atoms with Crippen LogP contribution < -0.4 is 4.90 Å². The van der Waals surface area contributed by atoms with Crippen molar-refractivity contribution in [3.8, 4) is 11.1 Å². The van der Waals surface area contributed by atoms with Gasteiger partial charge in [-0.15, -0.1) is 0 Å². The van der Waals surface area contributed by atoms with Crippen LogP contribution in [0.25, 0.3) is 44.3 Å². The van der Waals surface area contributed by atoms with E-state index in [1.807, 2.05) is 0 Å². The fourth-order valence-electron chi connectivity index (χ4n) is 7.41. The molecule has 2 heteroatoms. The molecule has 1 aliphatic carbocycles. The molecule has 1 heterocycles. The SMILES string of the molecule is C1=C(c2c3ccccc3c(-c3ccc4c(c3)N=C(c3ccccc3)[NH+]4c3ccccc3)c3ccccc23)CCc2ccccc21. The van der Waals surface area contributed by atoms with Crippen LogP contribution in [0.1, 0.15) is 28.7 Å². The number of rotatable bonds is 4. The molecule has 0 bridgehead atoms. The Morgan fingerprint density at radius 3 is 1.80 bits per heavy atom. The van der Waals surface area contributed by atoms with Crippen LogP contribution in [0.2, 0.25) is 0 Å². The Hall–Kier alpha value is -5.57. The Kier molecular flexibility index (Phi) is 6.07. The first-order chi connectivity index (χ1) is 22.3. The Balaban J connectivity index is 1.27. The number of benzene rings is 7. The van der Waals surface area contributed by atoms with E-state index in [0.29, 0.717) is 0 Å². The van der Waals surface area contributed by atoms with Gasteiger partial charge in [-0.2, -0.15) is 4.99 Å². The second-order valence-electron chi connectivity index (χ2n) is 12.0. The minimum absolute atomic E-state index is 1.02. The molecule has 1 atom stereocenters. The van der Waals surface area contributed by atoms with Gasteiger partial charge in [-0.25, -0.2) is 4.90 Å². The summed E-state index contributed by atoms with van der Waals surface area (Å²) in [5.41, 5.74) is 12.6. The smallest absolute Gasteiger partial charge is 0.219 e. The Morgan fingerprint density at radius 2 is 1.09 bits per heavy atom. The minimum atomic E-state index is 1.02. The summed E-state index contributed by atoms with van der Waals surface area (Å²) in [4.78, 5) is 6.50. The Bertz CT molecular complexity index is 2260. The third kappa shape index (κ3) is 4.26. The van der Waals surface area contributed by atoms with Gasteiger partial charge in [0.1, 0.15) is 11.4 Å². The number of amidine groups is 1. The van der Waals surface area contributed by atoms with Gasteiger partial charge in [0.2, 0.25) is 5.84 Å². The highest BCUT2D eigenvalue weighted by atomic mass is 15.2. The zero-order valence-corrected chi connectivity index (χ0v) is 24.9. The second-order valence-corrected chi connectivity index (χ2v) is 12.0. The average molecular weight is 576 g/mol. The number of aliphatic imine (C=N–C) groups is 1. The molecule has 7 aromatic rings. The van der Waals surface area contributed by atoms with Crippen molar-refractivity contribution in [2.45, 2.75) is 12.8 Å². The number of hydrogen-bond acceptors (Lipinski definition) is 1. The fourth-order valence-corrected chi connectivity index (χ4v) is 7.41. The maximum atomic E-state index is 5.31. The van der Waals surface area contributed by atoms with Gasteiger partial charge in [0.05, 0.1) is 5.56 Å². The number of nitrogens with zero attached hydrogens (tertiary/aromatic N) is 1. The van der Waals surface area contributed by atoms with E-state index in [1.54, 1.807) is 0 Å². The molecule has 0 aromatic heterocycles. The summed E-state index contributed by atoms with van der Waals surface area (Å²) < 4.78 is 0. The first-order valence-corrected chi connectivity index (χ1v) is 15.8. The van der Waals surface area contributed by atoms with Crippen LogP contribution in [0.3, 0.4) is 0 Å². The van der Waals surface area contributed by atoms with E-state index >= 15 is 0 Å². The van der Waals surface area contributed by atoms with Crippen molar-refractivity contribution >= 4 is 56.1 Å². The summed E-state index contributed by atoms with van der Waals surface area (Å²) in [6.45, 7) is 0. The maximum Gasteiger partial charge on any atom is 0.244 e. The molecule has 9 rings (SSSR count). The van der Waals surface area contributed by atoms with Gasteiger partial charge >= 0.3 is 0 Å². The first kappa shape index (κ1) is 25.9. The molecule has 2 aliphatic rings. The molecule has 0 saturated heterocycles. The topological polar surface area (TPSA) is 16.8 Å². The predicted molar refractivity (Wildman–Crippen MR) is 189 cm³/mol. The quantitative estimate of drug-likeness (QED) is 0.201. The van der Waals surface area contributed by atoms with Gasteiger partial charge in [-0.1, -0.05) is 115 Å². The molecule has 2 nitrogen and oxygen atoms in total. The summed E-state index contributed by atoms with van der Waals surface area (Å²) in [7, 11) is 0. The molecular formula is C43H31N2+. The summed E-state index contributed by atoms with van der Waals surface area (Å²) in [6, 6.07) is 54.9. The van der Waals surface area contributed by atoms with E-state index < -0.39 is 0 Å². The van der Waals surface area contributed by atoms with Gasteiger partial charge in [-0.3, -0.25) is 0 Å². The lowest BCUT2D eigenvalue weighted by molar-refractivity contribution is -0.645. The monoisotopic (exact) mass is 575 g/mol. The van der Waals surface area contributed by atoms with E-state index in [0.717, 1.165) is 29.9 Å². The number of quaternary nitrogens is 1. The Morgan fingerprint density at radius 1 is 0.489 bits per heavy atom. The van der Waals surface area contributed by atoms with E-state index in [9.17, 15) is 0 Å². The van der Waals surface area contributed by atoms with Crippen LogP contribution >= 0.6 is 0 Å². The van der Waals surface area contributed by atoms with Crippen molar-refractivity contribution in [2.75, 3.05) is 0 Å². The third-order valence-corrected chi connectivity index (χ3v) is 9.44. The van der Waals surface area contributed by atoms with Crippen molar-refractivity contribution in [1.82, 2.24) is 0 Å². The minimum Gasteiger partial charge on any atom is -0.219 e. The predicted octanol–water partition coefficient (Wildman–Crippen LogP) is 10.1. The average Bonchev–Trinajstić information content (AvgIpc) is 3.50. The van der Waals surface area contributed by atoms with Crippen LogP contribution in [0.5, 0.6) is 0 Å². The first-order valence-electron chi connectivity index (χ1n) is 15.8. The molecule has 0 amide bonds. The van der Waals surface area contributed by atoms with Crippen LogP contribution in [0.15, 0.2) is 157 Å². The molecule has 1 unspecified atom stereocenters. The highest BCUT2D eigenvalue weighted by Gasteiger charge is 2.33. The van der Waals surface area contributed by atoms with Crippen molar-refractivity contribution in [1.29, 1.82) is 0 Å². The van der Waals surface area contributed by atoms with Crippen LogP contribution in [-0.2, 0) is 6.42 Å². The van der Waals surface area contributed by atoms with Crippen LogP contribution in [0, 0.1) is 0 Å². The molecule has 0 radical (unpaired) electrons. The third-order valence-electron chi connectivity index (χ3n) is 9.44. The van der Waals surface area contributed by atoms with E-state index in [2.05, 4.69) is 158 Å². The van der Waals surface area contributed by atoms with Crippen molar-refractivity contribution < 1.29 is 4.90 Å². The summed E-state index contributed by atoms with van der Waals surface area (Å²) in [5, 5.41) is 5.18. The normalized spacial score (nSPS) is 15.4. The largest absolute Gasteiger partial charge is 0.244 e. The molecule has 45 heavy (non-hydrogen) atoms. The molecule has 0 saturated carbocycles. The number of nitrogens with one attached hydrogen (secondary N) is 1. The number of fused-ring (bicyclic) bond motifs is 4. The molecule has 0 fully saturated rings.